The van der Waals surface area contributed by atoms with Crippen molar-refractivity contribution in [2.24, 2.45) is 0 Å². The lowest BCUT2D eigenvalue weighted by Gasteiger charge is -2.08. The Labute approximate surface area is 121 Å². The van der Waals surface area contributed by atoms with E-state index in [1.165, 1.54) is 12.1 Å². The van der Waals surface area contributed by atoms with Gasteiger partial charge in [0.1, 0.15) is 29.0 Å². The number of ether oxygens (including phenoxy) is 1. The van der Waals surface area contributed by atoms with Crippen LogP contribution in [-0.2, 0) is 6.42 Å². The smallest absolute Gasteiger partial charge is 0.134 e. The summed E-state index contributed by atoms with van der Waals surface area (Å²) in [5.74, 6) is 0.849. The van der Waals surface area contributed by atoms with Gasteiger partial charge in [-0.05, 0) is 42.0 Å². The molecule has 3 nitrogen and oxygen atoms in total. The number of fused-ring (bicyclic) bond motifs is 1. The molecule has 1 unspecified atom stereocenters. The fourth-order valence-electron chi connectivity index (χ4n) is 2.32. The summed E-state index contributed by atoms with van der Waals surface area (Å²) in [5, 5.41) is 10.9. The third-order valence-electron chi connectivity index (χ3n) is 3.39. The number of aliphatic hydroxyl groups is 1. The predicted molar refractivity (Wildman–Crippen MR) is 77.8 cm³/mol. The van der Waals surface area contributed by atoms with Crippen LogP contribution >= 0.6 is 0 Å². The van der Waals surface area contributed by atoms with Crippen LogP contribution in [0.4, 0.5) is 4.39 Å². The molecule has 0 amide bonds. The lowest BCUT2D eigenvalue weighted by atomic mass is 10.1. The summed E-state index contributed by atoms with van der Waals surface area (Å²) in [7, 11) is 1.60. The second-order valence-corrected chi connectivity index (χ2v) is 4.90. The van der Waals surface area contributed by atoms with Crippen LogP contribution in [-0.4, -0.2) is 12.2 Å². The van der Waals surface area contributed by atoms with Crippen LogP contribution in [0.25, 0.3) is 11.0 Å². The van der Waals surface area contributed by atoms with E-state index in [9.17, 15) is 9.50 Å². The average molecular weight is 286 g/mol. The van der Waals surface area contributed by atoms with E-state index in [1.807, 2.05) is 24.3 Å². The first-order valence-electron chi connectivity index (χ1n) is 6.66. The summed E-state index contributed by atoms with van der Waals surface area (Å²) in [6.07, 6.45) is -0.382. The van der Waals surface area contributed by atoms with Crippen molar-refractivity contribution < 1.29 is 18.7 Å². The summed E-state index contributed by atoms with van der Waals surface area (Å²) in [6.45, 7) is 0. The van der Waals surface area contributed by atoms with E-state index in [0.29, 0.717) is 23.2 Å². The highest BCUT2D eigenvalue weighted by Crippen LogP contribution is 2.27. The van der Waals surface area contributed by atoms with Gasteiger partial charge in [-0.3, -0.25) is 0 Å². The number of furan rings is 1. The lowest BCUT2D eigenvalue weighted by molar-refractivity contribution is 0.152. The molecule has 108 valence electrons. The van der Waals surface area contributed by atoms with Crippen LogP contribution in [0.3, 0.4) is 0 Å². The number of aliphatic hydroxyl groups excluding tert-OH is 1. The minimum Gasteiger partial charge on any atom is -0.497 e. The molecule has 1 aromatic heterocycles. The molecule has 2 aromatic carbocycles. The van der Waals surface area contributed by atoms with E-state index in [-0.39, 0.29) is 5.82 Å². The quantitative estimate of drug-likeness (QED) is 0.792. The molecule has 4 heteroatoms. The number of benzene rings is 2. The topological polar surface area (TPSA) is 42.6 Å². The van der Waals surface area contributed by atoms with E-state index in [0.717, 1.165) is 11.3 Å². The summed E-state index contributed by atoms with van der Waals surface area (Å²) in [4.78, 5) is 0. The van der Waals surface area contributed by atoms with Gasteiger partial charge in [0, 0.05) is 11.8 Å². The Bertz CT molecular complexity index is 764. The fraction of sp³-hybridized carbons (Fsp3) is 0.176. The minimum atomic E-state index is -0.785. The summed E-state index contributed by atoms with van der Waals surface area (Å²) in [6, 6.07) is 13.5. The molecule has 0 saturated heterocycles. The zero-order valence-electron chi connectivity index (χ0n) is 11.5. The Morgan fingerprint density at radius 1 is 1.19 bits per heavy atom. The van der Waals surface area contributed by atoms with Crippen molar-refractivity contribution in [3.05, 3.63) is 65.7 Å². The predicted octanol–water partition coefficient (Wildman–Crippen LogP) is 3.86. The number of methoxy groups -OCH3 is 1. The molecule has 0 aliphatic rings. The van der Waals surface area contributed by atoms with Crippen LogP contribution in [0.5, 0.6) is 5.75 Å². The fourth-order valence-corrected chi connectivity index (χ4v) is 2.32. The molecule has 0 aliphatic carbocycles. The largest absolute Gasteiger partial charge is 0.497 e. The molecule has 1 heterocycles. The van der Waals surface area contributed by atoms with E-state index in [1.54, 1.807) is 19.2 Å². The van der Waals surface area contributed by atoms with Gasteiger partial charge in [0.2, 0.25) is 0 Å². The van der Waals surface area contributed by atoms with Crippen LogP contribution < -0.4 is 4.74 Å². The van der Waals surface area contributed by atoms with Gasteiger partial charge in [-0.25, -0.2) is 4.39 Å². The maximum absolute atomic E-state index is 13.2. The maximum Gasteiger partial charge on any atom is 0.134 e. The molecular formula is C17H15FO3. The first kappa shape index (κ1) is 13.6. The summed E-state index contributed by atoms with van der Waals surface area (Å²) >= 11 is 0. The summed E-state index contributed by atoms with van der Waals surface area (Å²) < 4.78 is 23.9. The van der Waals surface area contributed by atoms with Crippen molar-refractivity contribution in [3.63, 3.8) is 0 Å². The van der Waals surface area contributed by atoms with Crippen LogP contribution in [0, 0.1) is 5.82 Å². The van der Waals surface area contributed by atoms with Gasteiger partial charge >= 0.3 is 0 Å². The molecule has 21 heavy (non-hydrogen) atoms. The zero-order chi connectivity index (χ0) is 14.8. The lowest BCUT2D eigenvalue weighted by Crippen LogP contribution is -2.00. The third-order valence-corrected chi connectivity index (χ3v) is 3.39. The maximum atomic E-state index is 13.2. The third kappa shape index (κ3) is 2.90. The van der Waals surface area contributed by atoms with Gasteiger partial charge < -0.3 is 14.3 Å². The van der Waals surface area contributed by atoms with Crippen molar-refractivity contribution in [1.82, 2.24) is 0 Å². The molecule has 3 aromatic rings. The van der Waals surface area contributed by atoms with E-state index >= 15 is 0 Å². The van der Waals surface area contributed by atoms with E-state index in [2.05, 4.69) is 0 Å². The van der Waals surface area contributed by atoms with Gasteiger partial charge in [0.15, 0.2) is 0 Å². The van der Waals surface area contributed by atoms with Crippen molar-refractivity contribution >= 4 is 11.0 Å². The summed E-state index contributed by atoms with van der Waals surface area (Å²) in [5.41, 5.74) is 1.50. The molecule has 1 N–H and O–H groups in total. The Balaban J connectivity index is 1.84. The number of halogens is 1. The zero-order valence-corrected chi connectivity index (χ0v) is 11.5. The number of hydrogen-bond donors (Lipinski definition) is 1. The first-order chi connectivity index (χ1) is 10.2. The normalized spacial score (nSPS) is 12.5. The first-order valence-corrected chi connectivity index (χ1v) is 6.66. The van der Waals surface area contributed by atoms with E-state index in [4.69, 9.17) is 9.15 Å². The second-order valence-electron chi connectivity index (χ2n) is 4.90. The highest BCUT2D eigenvalue weighted by Gasteiger charge is 2.14. The molecule has 0 radical (unpaired) electrons. The SMILES string of the molecule is COc1cccc(CC(O)c2cc3cc(F)ccc3o2)c1. The van der Waals surface area contributed by atoms with Gasteiger partial charge in [0.25, 0.3) is 0 Å². The molecule has 0 saturated carbocycles. The number of hydrogen-bond acceptors (Lipinski definition) is 3. The average Bonchev–Trinajstić information content (AvgIpc) is 2.90. The van der Waals surface area contributed by atoms with Gasteiger partial charge in [-0.2, -0.15) is 0 Å². The van der Waals surface area contributed by atoms with Gasteiger partial charge in [0.05, 0.1) is 7.11 Å². The van der Waals surface area contributed by atoms with Crippen molar-refractivity contribution in [1.29, 1.82) is 0 Å². The van der Waals surface area contributed by atoms with Gasteiger partial charge in [-0.15, -0.1) is 0 Å². The molecule has 3 rings (SSSR count). The molecule has 0 spiro atoms. The van der Waals surface area contributed by atoms with E-state index < -0.39 is 6.10 Å². The van der Waals surface area contributed by atoms with Crippen LogP contribution in [0.15, 0.2) is 52.9 Å². The van der Waals surface area contributed by atoms with Crippen molar-refractivity contribution in [3.8, 4) is 5.75 Å². The van der Waals surface area contributed by atoms with Gasteiger partial charge in [-0.1, -0.05) is 12.1 Å². The van der Waals surface area contributed by atoms with Crippen molar-refractivity contribution in [2.75, 3.05) is 7.11 Å². The Morgan fingerprint density at radius 2 is 2.05 bits per heavy atom. The van der Waals surface area contributed by atoms with Crippen LogP contribution in [0.2, 0.25) is 0 Å². The molecule has 1 atom stereocenters. The minimum absolute atomic E-state index is 0.322. The van der Waals surface area contributed by atoms with Crippen LogP contribution in [0.1, 0.15) is 17.4 Å². The Morgan fingerprint density at radius 3 is 2.86 bits per heavy atom. The Kier molecular flexibility index (Phi) is 3.62. The second kappa shape index (κ2) is 5.58. The number of rotatable bonds is 4. The highest BCUT2D eigenvalue weighted by atomic mass is 19.1. The Hall–Kier alpha value is -2.33. The van der Waals surface area contributed by atoms with Crippen molar-refractivity contribution in [2.45, 2.75) is 12.5 Å². The monoisotopic (exact) mass is 286 g/mol. The standard InChI is InChI=1S/C17H15FO3/c1-20-14-4-2-3-11(7-14)8-15(19)17-10-12-9-13(18)5-6-16(12)21-17/h2-7,9-10,15,19H,8H2,1H3. The molecular weight excluding hydrogens is 271 g/mol. The molecule has 0 fully saturated rings. The highest BCUT2D eigenvalue weighted by molar-refractivity contribution is 5.77. The molecule has 0 aliphatic heterocycles. The molecule has 0 bridgehead atoms.